The average molecular weight is 375 g/mol. The lowest BCUT2D eigenvalue weighted by atomic mass is 10.1. The highest BCUT2D eigenvalue weighted by molar-refractivity contribution is 5.98. The van der Waals surface area contributed by atoms with Crippen molar-refractivity contribution in [1.29, 1.82) is 0 Å². The van der Waals surface area contributed by atoms with Gasteiger partial charge in [0.25, 0.3) is 5.89 Å². The Balaban J connectivity index is 1.50. The van der Waals surface area contributed by atoms with Crippen molar-refractivity contribution in [2.45, 2.75) is 39.2 Å². The molecule has 142 valence electrons. The van der Waals surface area contributed by atoms with Gasteiger partial charge in [-0.3, -0.25) is 4.68 Å². The van der Waals surface area contributed by atoms with Gasteiger partial charge in [0.2, 0.25) is 0 Å². The van der Waals surface area contributed by atoms with Crippen LogP contribution in [-0.2, 0) is 13.6 Å². The summed E-state index contributed by atoms with van der Waals surface area (Å²) in [5, 5.41) is 22.7. The van der Waals surface area contributed by atoms with E-state index in [-0.39, 0.29) is 0 Å². The molecule has 0 saturated heterocycles. The Morgan fingerprint density at radius 2 is 1.93 bits per heavy atom. The Kier molecular flexibility index (Phi) is 3.85. The summed E-state index contributed by atoms with van der Waals surface area (Å²) in [5.41, 5.74) is 3.94. The first-order chi connectivity index (χ1) is 13.6. The maximum Gasteiger partial charge on any atom is 0.279 e. The van der Waals surface area contributed by atoms with Gasteiger partial charge in [0, 0.05) is 41.5 Å². The summed E-state index contributed by atoms with van der Waals surface area (Å²) in [6.45, 7) is 4.72. The molecule has 8 heteroatoms. The third-order valence-corrected chi connectivity index (χ3v) is 5.37. The lowest BCUT2D eigenvalue weighted by Crippen LogP contribution is -2.06. The van der Waals surface area contributed by atoms with Crippen LogP contribution in [-0.4, -0.2) is 30.1 Å². The van der Waals surface area contributed by atoms with Crippen molar-refractivity contribution in [3.63, 3.8) is 0 Å². The summed E-state index contributed by atoms with van der Waals surface area (Å²) < 4.78 is 7.36. The van der Waals surface area contributed by atoms with E-state index < -0.39 is 0 Å². The number of nitrogens with one attached hydrogen (secondary N) is 1. The molecule has 0 unspecified atom stereocenters. The standard InChI is InChI=1S/C20H21N7O/c1-11-16(12(2)27(3)25-11)10-21-19-15-7-5-4-6-14(15)17(23-24-19)20-22-18(26-28-20)13-8-9-13/h4-7,13H,8-10H2,1-3H3,(H,21,24). The molecule has 28 heavy (non-hydrogen) atoms. The molecule has 0 atom stereocenters. The molecule has 1 aromatic carbocycles. The molecule has 1 aliphatic carbocycles. The quantitative estimate of drug-likeness (QED) is 0.570. The largest absolute Gasteiger partial charge is 0.364 e. The van der Waals surface area contributed by atoms with Crippen molar-refractivity contribution < 1.29 is 4.52 Å². The smallest absolute Gasteiger partial charge is 0.279 e. The number of aryl methyl sites for hydroxylation is 2. The van der Waals surface area contributed by atoms with E-state index in [9.17, 15) is 0 Å². The molecule has 1 N–H and O–H groups in total. The molecular weight excluding hydrogens is 354 g/mol. The number of hydrogen-bond acceptors (Lipinski definition) is 7. The van der Waals surface area contributed by atoms with E-state index >= 15 is 0 Å². The Morgan fingerprint density at radius 3 is 2.64 bits per heavy atom. The number of benzene rings is 1. The Bertz CT molecular complexity index is 1170. The van der Waals surface area contributed by atoms with Crippen molar-refractivity contribution in [3.05, 3.63) is 47.0 Å². The highest BCUT2D eigenvalue weighted by atomic mass is 16.5. The molecule has 0 amide bonds. The highest BCUT2D eigenvalue weighted by Crippen LogP contribution is 2.39. The summed E-state index contributed by atoms with van der Waals surface area (Å²) in [5.74, 6) is 2.36. The predicted molar refractivity (Wildman–Crippen MR) is 105 cm³/mol. The van der Waals surface area contributed by atoms with Crippen LogP contribution >= 0.6 is 0 Å². The van der Waals surface area contributed by atoms with Gasteiger partial charge in [0.15, 0.2) is 17.3 Å². The second-order valence-corrected chi connectivity index (χ2v) is 7.30. The number of aromatic nitrogens is 6. The minimum atomic E-state index is 0.427. The van der Waals surface area contributed by atoms with Gasteiger partial charge in [-0.15, -0.1) is 10.2 Å². The van der Waals surface area contributed by atoms with Crippen molar-refractivity contribution in [3.8, 4) is 11.6 Å². The van der Waals surface area contributed by atoms with Crippen LogP contribution in [0.4, 0.5) is 5.82 Å². The molecule has 8 nitrogen and oxygen atoms in total. The lowest BCUT2D eigenvalue weighted by molar-refractivity contribution is 0.421. The molecule has 5 rings (SSSR count). The molecule has 0 aliphatic heterocycles. The molecule has 0 radical (unpaired) electrons. The van der Waals surface area contributed by atoms with Gasteiger partial charge in [0.05, 0.1) is 5.69 Å². The zero-order chi connectivity index (χ0) is 19.3. The molecule has 1 fully saturated rings. The normalized spacial score (nSPS) is 14.0. The average Bonchev–Trinajstić information content (AvgIpc) is 3.39. The van der Waals surface area contributed by atoms with Gasteiger partial charge in [-0.2, -0.15) is 10.1 Å². The van der Waals surface area contributed by atoms with Crippen molar-refractivity contribution >= 4 is 16.6 Å². The minimum Gasteiger partial charge on any atom is -0.364 e. The Morgan fingerprint density at radius 1 is 1.14 bits per heavy atom. The van der Waals surface area contributed by atoms with Crippen molar-refractivity contribution in [2.75, 3.05) is 5.32 Å². The van der Waals surface area contributed by atoms with Crippen molar-refractivity contribution in [1.82, 2.24) is 30.1 Å². The van der Waals surface area contributed by atoms with E-state index in [0.717, 1.165) is 46.6 Å². The summed E-state index contributed by atoms with van der Waals surface area (Å²) >= 11 is 0. The first kappa shape index (κ1) is 16.9. The number of anilines is 1. The van der Waals surface area contributed by atoms with E-state index in [0.29, 0.717) is 24.0 Å². The fraction of sp³-hybridized carbons (Fsp3) is 0.350. The Labute approximate surface area is 162 Å². The van der Waals surface area contributed by atoms with Crippen LogP contribution in [0.1, 0.15) is 41.5 Å². The SMILES string of the molecule is Cc1nn(C)c(C)c1CNc1nnc(-c2nc(C3CC3)no2)c2ccccc12. The molecule has 3 aromatic heterocycles. The number of rotatable bonds is 5. The summed E-state index contributed by atoms with van der Waals surface area (Å²) in [6.07, 6.45) is 2.25. The van der Waals surface area contributed by atoms with Crippen LogP contribution in [0.2, 0.25) is 0 Å². The van der Waals surface area contributed by atoms with E-state index in [1.807, 2.05) is 42.9 Å². The second-order valence-electron chi connectivity index (χ2n) is 7.30. The molecule has 1 saturated carbocycles. The first-order valence-corrected chi connectivity index (χ1v) is 9.44. The minimum absolute atomic E-state index is 0.427. The number of hydrogen-bond donors (Lipinski definition) is 1. The van der Waals surface area contributed by atoms with E-state index in [4.69, 9.17) is 4.52 Å². The molecule has 1 aliphatic rings. The van der Waals surface area contributed by atoms with Crippen LogP contribution in [0.5, 0.6) is 0 Å². The molecule has 0 spiro atoms. The number of nitrogens with zero attached hydrogens (tertiary/aromatic N) is 6. The van der Waals surface area contributed by atoms with Crippen LogP contribution in [0.15, 0.2) is 28.8 Å². The maximum atomic E-state index is 5.47. The van der Waals surface area contributed by atoms with Crippen LogP contribution in [0.25, 0.3) is 22.4 Å². The first-order valence-electron chi connectivity index (χ1n) is 9.44. The van der Waals surface area contributed by atoms with Crippen LogP contribution in [0, 0.1) is 13.8 Å². The molecular formula is C20H21N7O. The summed E-state index contributed by atoms with van der Waals surface area (Å²) in [6, 6.07) is 8.00. The maximum absolute atomic E-state index is 5.47. The topological polar surface area (TPSA) is 94.6 Å². The van der Waals surface area contributed by atoms with Gasteiger partial charge in [-0.1, -0.05) is 29.4 Å². The summed E-state index contributed by atoms with van der Waals surface area (Å²) in [4.78, 5) is 4.53. The fourth-order valence-corrected chi connectivity index (χ4v) is 3.48. The van der Waals surface area contributed by atoms with Gasteiger partial charge >= 0.3 is 0 Å². The van der Waals surface area contributed by atoms with Gasteiger partial charge in [-0.25, -0.2) is 0 Å². The molecule has 0 bridgehead atoms. The third kappa shape index (κ3) is 2.81. The zero-order valence-electron chi connectivity index (χ0n) is 16.1. The third-order valence-electron chi connectivity index (χ3n) is 5.37. The Hall–Kier alpha value is -3.29. The van der Waals surface area contributed by atoms with Gasteiger partial charge < -0.3 is 9.84 Å². The predicted octanol–water partition coefficient (Wildman–Crippen LogP) is 3.52. The van der Waals surface area contributed by atoms with E-state index in [1.54, 1.807) is 0 Å². The van der Waals surface area contributed by atoms with E-state index in [1.165, 1.54) is 5.56 Å². The fourth-order valence-electron chi connectivity index (χ4n) is 3.48. The summed E-state index contributed by atoms with van der Waals surface area (Å²) in [7, 11) is 1.95. The highest BCUT2D eigenvalue weighted by Gasteiger charge is 2.29. The van der Waals surface area contributed by atoms with Crippen LogP contribution < -0.4 is 5.32 Å². The van der Waals surface area contributed by atoms with Gasteiger partial charge in [-0.05, 0) is 26.7 Å². The van der Waals surface area contributed by atoms with Crippen molar-refractivity contribution in [2.24, 2.45) is 7.05 Å². The second kappa shape index (κ2) is 6.40. The monoisotopic (exact) mass is 375 g/mol. The van der Waals surface area contributed by atoms with Crippen LogP contribution in [0.3, 0.4) is 0 Å². The zero-order valence-corrected chi connectivity index (χ0v) is 16.1. The van der Waals surface area contributed by atoms with E-state index in [2.05, 4.69) is 37.7 Å². The number of fused-ring (bicyclic) bond motifs is 1. The van der Waals surface area contributed by atoms with Gasteiger partial charge in [0.1, 0.15) is 0 Å². The molecule has 3 heterocycles. The lowest BCUT2D eigenvalue weighted by Gasteiger charge is -2.10. The molecule has 4 aromatic rings.